The van der Waals surface area contributed by atoms with E-state index >= 15 is 0 Å². The van der Waals surface area contributed by atoms with Crippen molar-refractivity contribution in [3.63, 3.8) is 0 Å². The zero-order valence-corrected chi connectivity index (χ0v) is 16.6. The van der Waals surface area contributed by atoms with E-state index in [9.17, 15) is 18.0 Å². The molecule has 0 radical (unpaired) electrons. The van der Waals surface area contributed by atoms with Crippen LogP contribution in [-0.2, 0) is 21.1 Å². The number of hydrogen-bond acceptors (Lipinski definition) is 5. The number of hydrogen-bond donors (Lipinski definition) is 0. The van der Waals surface area contributed by atoms with Crippen LogP contribution in [0.2, 0.25) is 5.02 Å². The molecule has 26 heavy (non-hydrogen) atoms. The Labute approximate surface area is 157 Å². The van der Waals surface area contributed by atoms with Crippen LogP contribution in [0.3, 0.4) is 0 Å². The third-order valence-electron chi connectivity index (χ3n) is 4.11. The summed E-state index contributed by atoms with van der Waals surface area (Å²) in [7, 11) is -3.50. The zero-order chi connectivity index (χ0) is 19.6. The fraction of sp³-hybridized carbons (Fsp3) is 0.333. The Balaban J connectivity index is 2.18. The maximum Gasteiger partial charge on any atom is 0.340 e. The minimum Gasteiger partial charge on any atom is -0.454 e. The summed E-state index contributed by atoms with van der Waals surface area (Å²) in [6, 6.07) is 5.52. The first-order valence-electron chi connectivity index (χ1n) is 7.93. The van der Waals surface area contributed by atoms with Gasteiger partial charge in [-0.25, -0.2) is 13.2 Å². The number of rotatable bonds is 6. The van der Waals surface area contributed by atoms with Crippen molar-refractivity contribution < 1.29 is 22.7 Å². The number of esters is 1. The molecule has 0 saturated heterocycles. The van der Waals surface area contributed by atoms with Gasteiger partial charge in [-0.2, -0.15) is 0 Å². The van der Waals surface area contributed by atoms with Crippen LogP contribution in [0.5, 0.6) is 0 Å². The number of Topliss-reactive ketones (excluding diaryl/α,β-unsaturated/α-hetero) is 1. The van der Waals surface area contributed by atoms with E-state index in [2.05, 4.69) is 0 Å². The fourth-order valence-electron chi connectivity index (χ4n) is 2.75. The number of carbonyl (C=O) groups is 2. The lowest BCUT2D eigenvalue weighted by molar-refractivity contribution is 0.0474. The molecule has 8 heteroatoms. The highest BCUT2D eigenvalue weighted by Gasteiger charge is 2.20. The molecule has 0 bridgehead atoms. The standard InChI is InChI=1S/C18H20ClNO5S/c1-5-20-11(2)8-14(12(20)3)17(21)10-25-18(22)15-9-13(26(4,23)24)6-7-16(15)19/h6-9H,5,10H2,1-4H3. The summed E-state index contributed by atoms with van der Waals surface area (Å²) >= 11 is 5.96. The second-order valence-corrected chi connectivity index (χ2v) is 8.37. The molecule has 0 N–H and O–H groups in total. The number of ketones is 1. The summed E-state index contributed by atoms with van der Waals surface area (Å²) in [6.45, 7) is 5.99. The number of ether oxygens (including phenoxy) is 1. The molecule has 0 aliphatic heterocycles. The molecule has 0 amide bonds. The van der Waals surface area contributed by atoms with E-state index in [1.807, 2.05) is 25.3 Å². The smallest absolute Gasteiger partial charge is 0.340 e. The van der Waals surface area contributed by atoms with Gasteiger partial charge in [0.15, 0.2) is 16.4 Å². The lowest BCUT2D eigenvalue weighted by atomic mass is 10.1. The van der Waals surface area contributed by atoms with Crippen molar-refractivity contribution in [3.8, 4) is 0 Å². The maximum absolute atomic E-state index is 12.4. The number of halogens is 1. The van der Waals surface area contributed by atoms with Crippen molar-refractivity contribution in [1.29, 1.82) is 0 Å². The van der Waals surface area contributed by atoms with Crippen molar-refractivity contribution in [3.05, 3.63) is 51.8 Å². The lowest BCUT2D eigenvalue weighted by Crippen LogP contribution is -2.16. The molecule has 0 atom stereocenters. The van der Waals surface area contributed by atoms with Gasteiger partial charge >= 0.3 is 5.97 Å². The molecule has 0 saturated carbocycles. The maximum atomic E-state index is 12.4. The normalized spacial score (nSPS) is 11.4. The average molecular weight is 398 g/mol. The van der Waals surface area contributed by atoms with Crippen LogP contribution in [0.4, 0.5) is 0 Å². The summed E-state index contributed by atoms with van der Waals surface area (Å²) in [4.78, 5) is 24.6. The first-order valence-corrected chi connectivity index (χ1v) is 10.2. The molecule has 0 aliphatic rings. The Morgan fingerprint density at radius 2 is 1.81 bits per heavy atom. The number of sulfone groups is 1. The van der Waals surface area contributed by atoms with Gasteiger partial charge in [0.2, 0.25) is 5.78 Å². The van der Waals surface area contributed by atoms with E-state index in [-0.39, 0.29) is 21.3 Å². The van der Waals surface area contributed by atoms with Crippen LogP contribution in [0.15, 0.2) is 29.2 Å². The second-order valence-electron chi connectivity index (χ2n) is 5.94. The van der Waals surface area contributed by atoms with Gasteiger partial charge in [0.25, 0.3) is 0 Å². The Morgan fingerprint density at radius 1 is 1.15 bits per heavy atom. The molecule has 6 nitrogen and oxygen atoms in total. The largest absolute Gasteiger partial charge is 0.454 e. The summed E-state index contributed by atoms with van der Waals surface area (Å²) in [5.41, 5.74) is 2.15. The fourth-order valence-corrected chi connectivity index (χ4v) is 3.59. The minimum absolute atomic E-state index is 0.0494. The van der Waals surface area contributed by atoms with Gasteiger partial charge in [-0.05, 0) is 45.0 Å². The van der Waals surface area contributed by atoms with Crippen LogP contribution in [0, 0.1) is 13.8 Å². The summed E-state index contributed by atoms with van der Waals surface area (Å²) < 4.78 is 30.3. The third kappa shape index (κ3) is 4.16. The molecular weight excluding hydrogens is 378 g/mol. The number of carbonyl (C=O) groups excluding carboxylic acids is 2. The number of aromatic nitrogens is 1. The minimum atomic E-state index is -3.50. The first kappa shape index (κ1) is 20.2. The zero-order valence-electron chi connectivity index (χ0n) is 15.0. The van der Waals surface area contributed by atoms with E-state index in [1.165, 1.54) is 12.1 Å². The number of benzene rings is 1. The summed E-state index contributed by atoms with van der Waals surface area (Å²) in [5.74, 6) is -1.18. The molecule has 0 spiro atoms. The van der Waals surface area contributed by atoms with Gasteiger partial charge in [0.1, 0.15) is 0 Å². The SMILES string of the molecule is CCn1c(C)cc(C(=O)COC(=O)c2cc(S(C)(=O)=O)ccc2Cl)c1C. The molecule has 1 aromatic carbocycles. The summed E-state index contributed by atoms with van der Waals surface area (Å²) in [5, 5.41) is 0.0546. The van der Waals surface area contributed by atoms with Crippen molar-refractivity contribution in [2.24, 2.45) is 0 Å². The Morgan fingerprint density at radius 3 is 2.35 bits per heavy atom. The molecule has 1 aromatic heterocycles. The molecule has 2 rings (SSSR count). The molecule has 0 aliphatic carbocycles. The molecule has 2 aromatic rings. The second kappa shape index (κ2) is 7.63. The van der Waals surface area contributed by atoms with Crippen molar-refractivity contribution in [2.45, 2.75) is 32.2 Å². The molecule has 0 fully saturated rings. The van der Waals surface area contributed by atoms with Crippen molar-refractivity contribution in [1.82, 2.24) is 4.57 Å². The highest BCUT2D eigenvalue weighted by molar-refractivity contribution is 7.90. The van der Waals surface area contributed by atoms with E-state index in [1.54, 1.807) is 6.07 Å². The lowest BCUT2D eigenvalue weighted by Gasteiger charge is -2.08. The van der Waals surface area contributed by atoms with Crippen LogP contribution in [0.25, 0.3) is 0 Å². The predicted octanol–water partition coefficient (Wildman–Crippen LogP) is 3.22. The van der Waals surface area contributed by atoms with Gasteiger partial charge in [0, 0.05) is 29.8 Å². The topological polar surface area (TPSA) is 82.4 Å². The predicted molar refractivity (Wildman–Crippen MR) is 98.8 cm³/mol. The van der Waals surface area contributed by atoms with E-state index < -0.39 is 22.4 Å². The molecule has 1 heterocycles. The number of nitrogens with zero attached hydrogens (tertiary/aromatic N) is 1. The quantitative estimate of drug-likeness (QED) is 0.552. The summed E-state index contributed by atoms with van der Waals surface area (Å²) in [6.07, 6.45) is 1.03. The van der Waals surface area contributed by atoms with Gasteiger partial charge in [0.05, 0.1) is 15.5 Å². The Kier molecular flexibility index (Phi) is 5.93. The highest BCUT2D eigenvalue weighted by atomic mass is 35.5. The van der Waals surface area contributed by atoms with Gasteiger partial charge < -0.3 is 9.30 Å². The number of aryl methyl sites for hydroxylation is 1. The Bertz CT molecular complexity index is 976. The van der Waals surface area contributed by atoms with E-state index in [0.717, 1.165) is 30.3 Å². The molecule has 140 valence electrons. The van der Waals surface area contributed by atoms with Gasteiger partial charge in [-0.15, -0.1) is 0 Å². The Hall–Kier alpha value is -2.12. The van der Waals surface area contributed by atoms with Crippen LogP contribution < -0.4 is 0 Å². The third-order valence-corrected chi connectivity index (χ3v) is 5.55. The molecule has 0 unspecified atom stereocenters. The van der Waals surface area contributed by atoms with E-state index in [0.29, 0.717) is 5.56 Å². The van der Waals surface area contributed by atoms with Crippen molar-refractivity contribution in [2.75, 3.05) is 12.9 Å². The van der Waals surface area contributed by atoms with Crippen molar-refractivity contribution >= 4 is 33.2 Å². The monoisotopic (exact) mass is 397 g/mol. The van der Waals surface area contributed by atoms with Crippen LogP contribution in [0.1, 0.15) is 39.0 Å². The van der Waals surface area contributed by atoms with Gasteiger partial charge in [-0.1, -0.05) is 11.6 Å². The van der Waals surface area contributed by atoms with Crippen LogP contribution >= 0.6 is 11.6 Å². The average Bonchev–Trinajstić information content (AvgIpc) is 2.85. The highest BCUT2D eigenvalue weighted by Crippen LogP contribution is 2.22. The molecular formula is C18H20ClNO5S. The van der Waals surface area contributed by atoms with E-state index in [4.69, 9.17) is 16.3 Å². The first-order chi connectivity index (χ1) is 12.1. The van der Waals surface area contributed by atoms with Crippen LogP contribution in [-0.4, -0.2) is 37.6 Å². The van der Waals surface area contributed by atoms with Gasteiger partial charge in [-0.3, -0.25) is 4.79 Å².